The summed E-state index contributed by atoms with van der Waals surface area (Å²) in [4.78, 5) is 14.6. The number of carbonyl (C=O) groups is 1. The van der Waals surface area contributed by atoms with E-state index >= 15 is 0 Å². The largest absolute Gasteiger partial charge is 0.493 e. The second-order valence-electron chi connectivity index (χ2n) is 7.37. The highest BCUT2D eigenvalue weighted by molar-refractivity contribution is 5.77. The smallest absolute Gasteiger partial charge is 0.419 e. The molecule has 1 amide bonds. The normalized spacial score (nSPS) is 15.5. The molecule has 1 heterocycles. The van der Waals surface area contributed by atoms with Gasteiger partial charge < -0.3 is 24.3 Å². The lowest BCUT2D eigenvalue weighted by atomic mass is 10.0. The highest BCUT2D eigenvalue weighted by Gasteiger charge is 2.34. The third-order valence-electron chi connectivity index (χ3n) is 5.32. The Morgan fingerprint density at radius 3 is 2.42 bits per heavy atom. The maximum Gasteiger partial charge on any atom is 0.419 e. The fourth-order valence-corrected chi connectivity index (χ4v) is 3.64. The van der Waals surface area contributed by atoms with E-state index in [2.05, 4.69) is 10.2 Å². The molecule has 1 atom stereocenters. The number of carbonyl (C=O) groups excluding carboxylic acids is 1. The second kappa shape index (κ2) is 11.2. The maximum absolute atomic E-state index is 13.1. The number of hydrogen-bond donors (Lipinski definition) is 1. The predicted octanol–water partition coefficient (Wildman–Crippen LogP) is 3.29. The summed E-state index contributed by atoms with van der Waals surface area (Å²) >= 11 is 0. The highest BCUT2D eigenvalue weighted by atomic mass is 19.4. The molecule has 1 aliphatic rings. The van der Waals surface area contributed by atoms with Gasteiger partial charge in [0.15, 0.2) is 18.1 Å². The minimum absolute atomic E-state index is 0.194. The van der Waals surface area contributed by atoms with Crippen molar-refractivity contribution < 1.29 is 36.9 Å². The van der Waals surface area contributed by atoms with E-state index in [0.717, 1.165) is 11.6 Å². The highest BCUT2D eigenvalue weighted by Crippen LogP contribution is 2.36. The molecular weight excluding hydrogens is 441 g/mol. The summed E-state index contributed by atoms with van der Waals surface area (Å²) in [6, 6.07) is 10.1. The first-order valence-corrected chi connectivity index (χ1v) is 10.4. The van der Waals surface area contributed by atoms with Crippen molar-refractivity contribution in [1.29, 1.82) is 0 Å². The topological polar surface area (TPSA) is 69.3 Å². The monoisotopic (exact) mass is 468 g/mol. The Morgan fingerprint density at radius 2 is 1.76 bits per heavy atom. The third kappa shape index (κ3) is 6.52. The van der Waals surface area contributed by atoms with Crippen LogP contribution in [0.4, 0.5) is 13.2 Å². The van der Waals surface area contributed by atoms with Gasteiger partial charge in [0.2, 0.25) is 0 Å². The number of amides is 1. The summed E-state index contributed by atoms with van der Waals surface area (Å²) < 4.78 is 60.7. The van der Waals surface area contributed by atoms with Crippen LogP contribution >= 0.6 is 0 Å². The average molecular weight is 468 g/mol. The Bertz CT molecular complexity index is 933. The number of para-hydroxylation sites is 1. The van der Waals surface area contributed by atoms with Crippen LogP contribution in [-0.2, 0) is 15.7 Å². The van der Waals surface area contributed by atoms with E-state index < -0.39 is 24.3 Å². The molecule has 10 heteroatoms. The quantitative estimate of drug-likeness (QED) is 0.609. The van der Waals surface area contributed by atoms with E-state index in [1.807, 2.05) is 12.1 Å². The minimum atomic E-state index is -4.57. The number of halogens is 3. The molecule has 2 aromatic rings. The Morgan fingerprint density at radius 1 is 1.06 bits per heavy atom. The minimum Gasteiger partial charge on any atom is -0.493 e. The van der Waals surface area contributed by atoms with E-state index in [9.17, 15) is 18.0 Å². The fourth-order valence-electron chi connectivity index (χ4n) is 3.64. The predicted molar refractivity (Wildman–Crippen MR) is 115 cm³/mol. The van der Waals surface area contributed by atoms with Crippen molar-refractivity contribution in [3.8, 4) is 17.2 Å². The van der Waals surface area contributed by atoms with Crippen molar-refractivity contribution in [2.45, 2.75) is 12.2 Å². The molecule has 0 saturated carbocycles. The maximum atomic E-state index is 13.1. The SMILES string of the molecule is COc1ccc(C(CNC(=O)COc2ccccc2C(F)(F)F)N2CCOCC2)cc1OC. The standard InChI is InChI=1S/C23H27F3N2O5/c1-30-20-8-7-16(13-21(20)31-2)18(28-9-11-32-12-10-28)14-27-22(29)15-33-19-6-4-3-5-17(19)23(24,25)26/h3-8,13,18H,9-12,14-15H2,1-2H3,(H,27,29). The molecule has 3 rings (SSSR count). The Kier molecular flexibility index (Phi) is 8.40. The van der Waals surface area contributed by atoms with Crippen LogP contribution in [0.2, 0.25) is 0 Å². The third-order valence-corrected chi connectivity index (χ3v) is 5.32. The molecule has 0 radical (unpaired) electrons. The van der Waals surface area contributed by atoms with Gasteiger partial charge in [-0.25, -0.2) is 0 Å². The molecule has 1 aliphatic heterocycles. The van der Waals surface area contributed by atoms with Gasteiger partial charge in [0.1, 0.15) is 5.75 Å². The molecule has 1 unspecified atom stereocenters. The van der Waals surface area contributed by atoms with Crippen LogP contribution < -0.4 is 19.5 Å². The van der Waals surface area contributed by atoms with Crippen LogP contribution in [0.3, 0.4) is 0 Å². The first kappa shape index (κ1) is 24.7. The van der Waals surface area contributed by atoms with Crippen molar-refractivity contribution in [3.63, 3.8) is 0 Å². The molecule has 180 valence electrons. The van der Waals surface area contributed by atoms with Crippen LogP contribution in [0.15, 0.2) is 42.5 Å². The van der Waals surface area contributed by atoms with Gasteiger partial charge in [-0.2, -0.15) is 13.2 Å². The fraction of sp³-hybridized carbons (Fsp3) is 0.435. The Balaban J connectivity index is 1.68. The molecule has 1 fully saturated rings. The lowest BCUT2D eigenvalue weighted by Gasteiger charge is -2.35. The summed E-state index contributed by atoms with van der Waals surface area (Å²) in [5.74, 6) is 0.241. The second-order valence-corrected chi connectivity index (χ2v) is 7.37. The summed E-state index contributed by atoms with van der Waals surface area (Å²) in [6.45, 7) is 2.17. The molecule has 0 aliphatic carbocycles. The number of benzene rings is 2. The van der Waals surface area contributed by atoms with Crippen molar-refractivity contribution >= 4 is 5.91 Å². The van der Waals surface area contributed by atoms with Gasteiger partial charge in [-0.15, -0.1) is 0 Å². The van der Waals surface area contributed by atoms with Crippen LogP contribution in [0.5, 0.6) is 17.2 Å². The molecular formula is C23H27F3N2O5. The van der Waals surface area contributed by atoms with Crippen LogP contribution in [0, 0.1) is 0 Å². The van der Waals surface area contributed by atoms with Gasteiger partial charge in [0.05, 0.1) is 39.0 Å². The van der Waals surface area contributed by atoms with Gasteiger partial charge in [-0.1, -0.05) is 18.2 Å². The summed E-state index contributed by atoms with van der Waals surface area (Å²) in [7, 11) is 3.09. The molecule has 1 saturated heterocycles. The first-order valence-electron chi connectivity index (χ1n) is 10.4. The number of alkyl halides is 3. The number of nitrogens with one attached hydrogen (secondary N) is 1. The molecule has 0 bridgehead atoms. The first-order chi connectivity index (χ1) is 15.8. The lowest BCUT2D eigenvalue weighted by Crippen LogP contribution is -2.44. The average Bonchev–Trinajstić information content (AvgIpc) is 2.83. The summed E-state index contributed by atoms with van der Waals surface area (Å²) in [6.07, 6.45) is -4.57. The van der Waals surface area contributed by atoms with Gasteiger partial charge in [-0.3, -0.25) is 9.69 Å². The molecule has 1 N–H and O–H groups in total. The summed E-state index contributed by atoms with van der Waals surface area (Å²) in [5, 5.41) is 2.77. The van der Waals surface area contributed by atoms with Gasteiger partial charge in [0, 0.05) is 19.6 Å². The zero-order valence-electron chi connectivity index (χ0n) is 18.5. The number of morpholine rings is 1. The molecule has 33 heavy (non-hydrogen) atoms. The van der Waals surface area contributed by atoms with Gasteiger partial charge >= 0.3 is 6.18 Å². The van der Waals surface area contributed by atoms with Crippen LogP contribution in [0.25, 0.3) is 0 Å². The summed E-state index contributed by atoms with van der Waals surface area (Å²) in [5.41, 5.74) is -0.0208. The van der Waals surface area contributed by atoms with E-state index in [0.29, 0.717) is 37.8 Å². The molecule has 0 aromatic heterocycles. The van der Waals surface area contributed by atoms with Gasteiger partial charge in [-0.05, 0) is 29.8 Å². The van der Waals surface area contributed by atoms with E-state index in [1.54, 1.807) is 20.3 Å². The van der Waals surface area contributed by atoms with E-state index in [-0.39, 0.29) is 18.3 Å². The molecule has 0 spiro atoms. The zero-order chi connectivity index (χ0) is 23.8. The molecule has 2 aromatic carbocycles. The Hall–Kier alpha value is -2.98. The number of ether oxygens (including phenoxy) is 4. The van der Waals surface area contributed by atoms with Crippen LogP contribution in [0.1, 0.15) is 17.2 Å². The number of rotatable bonds is 9. The lowest BCUT2D eigenvalue weighted by molar-refractivity contribution is -0.139. The number of methoxy groups -OCH3 is 2. The van der Waals surface area contributed by atoms with Gasteiger partial charge in [0.25, 0.3) is 5.91 Å². The van der Waals surface area contributed by atoms with Crippen molar-refractivity contribution in [3.05, 3.63) is 53.6 Å². The van der Waals surface area contributed by atoms with E-state index in [4.69, 9.17) is 18.9 Å². The van der Waals surface area contributed by atoms with E-state index in [1.165, 1.54) is 18.2 Å². The Labute approximate surface area is 190 Å². The molecule has 7 nitrogen and oxygen atoms in total. The zero-order valence-corrected chi connectivity index (χ0v) is 18.5. The van der Waals surface area contributed by atoms with Crippen molar-refractivity contribution in [1.82, 2.24) is 10.2 Å². The van der Waals surface area contributed by atoms with Crippen molar-refractivity contribution in [2.24, 2.45) is 0 Å². The number of nitrogens with zero attached hydrogens (tertiary/aromatic N) is 1. The van der Waals surface area contributed by atoms with Crippen LogP contribution in [-0.4, -0.2) is 64.5 Å². The van der Waals surface area contributed by atoms with Crippen molar-refractivity contribution in [2.75, 3.05) is 53.7 Å². The number of hydrogen-bond acceptors (Lipinski definition) is 6.